The molecule has 232 valence electrons. The number of benzene rings is 3. The summed E-state index contributed by atoms with van der Waals surface area (Å²) in [6.45, 7) is 8.53. The highest BCUT2D eigenvalue weighted by Gasteiger charge is 2.31. The highest BCUT2D eigenvalue weighted by Crippen LogP contribution is 2.30. The van der Waals surface area contributed by atoms with E-state index >= 15 is 0 Å². The lowest BCUT2D eigenvalue weighted by atomic mass is 10.0. The first-order valence-corrected chi connectivity index (χ1v) is 16.8. The van der Waals surface area contributed by atoms with Gasteiger partial charge in [0.2, 0.25) is 21.8 Å². The van der Waals surface area contributed by atoms with Gasteiger partial charge in [-0.3, -0.25) is 13.9 Å². The average Bonchev–Trinajstić information content (AvgIpc) is 2.98. The lowest BCUT2D eigenvalue weighted by Gasteiger charge is -2.33. The van der Waals surface area contributed by atoms with Gasteiger partial charge in [0, 0.05) is 32.0 Å². The zero-order valence-electron chi connectivity index (χ0n) is 26.0. The molecule has 0 bridgehead atoms. The van der Waals surface area contributed by atoms with E-state index in [0.717, 1.165) is 29.4 Å². The van der Waals surface area contributed by atoms with Crippen molar-refractivity contribution in [1.29, 1.82) is 0 Å². The standard InChI is InChI=1S/C34H45N3O5S/c1-6-27(4)35-34(39)31(24-28-17-9-8-10-18-28)36(25-29-19-12-11-16-26(29)3)33(38)22-15-23-37(43(5,40)41)30-20-13-14-21-32(30)42-7-2/h8-14,16-21,27,31H,6-7,15,22-25H2,1-5H3,(H,35,39)/t27-,31-/m1/s1. The number of ether oxygens (including phenoxy) is 1. The maximum Gasteiger partial charge on any atom is 0.243 e. The summed E-state index contributed by atoms with van der Waals surface area (Å²) in [5.41, 5.74) is 3.36. The fourth-order valence-corrected chi connectivity index (χ4v) is 5.86. The predicted molar refractivity (Wildman–Crippen MR) is 173 cm³/mol. The molecule has 0 heterocycles. The molecule has 1 N–H and O–H groups in total. The third-order valence-corrected chi connectivity index (χ3v) is 8.64. The molecule has 0 saturated carbocycles. The van der Waals surface area contributed by atoms with E-state index in [4.69, 9.17) is 4.74 Å². The molecule has 0 radical (unpaired) electrons. The van der Waals surface area contributed by atoms with Crippen molar-refractivity contribution in [2.24, 2.45) is 0 Å². The van der Waals surface area contributed by atoms with Gasteiger partial charge in [0.1, 0.15) is 11.8 Å². The number of nitrogens with one attached hydrogen (secondary N) is 1. The number of sulfonamides is 1. The highest BCUT2D eigenvalue weighted by molar-refractivity contribution is 7.92. The van der Waals surface area contributed by atoms with Gasteiger partial charge in [-0.15, -0.1) is 0 Å². The van der Waals surface area contributed by atoms with Crippen LogP contribution < -0.4 is 14.4 Å². The van der Waals surface area contributed by atoms with Crippen LogP contribution in [0.1, 0.15) is 56.7 Å². The van der Waals surface area contributed by atoms with Crippen LogP contribution in [0.2, 0.25) is 0 Å². The second-order valence-corrected chi connectivity index (χ2v) is 12.7. The second kappa shape index (κ2) is 16.1. The topological polar surface area (TPSA) is 96.0 Å². The smallest absolute Gasteiger partial charge is 0.243 e. The number of aryl methyl sites for hydroxylation is 1. The maximum absolute atomic E-state index is 14.0. The molecule has 0 fully saturated rings. The van der Waals surface area contributed by atoms with Crippen molar-refractivity contribution in [3.63, 3.8) is 0 Å². The number of nitrogens with zero attached hydrogens (tertiary/aromatic N) is 2. The molecule has 0 aromatic heterocycles. The fourth-order valence-electron chi connectivity index (χ4n) is 4.89. The van der Waals surface area contributed by atoms with Crippen LogP contribution in [-0.2, 0) is 32.6 Å². The summed E-state index contributed by atoms with van der Waals surface area (Å²) in [7, 11) is -3.65. The van der Waals surface area contributed by atoms with Crippen molar-refractivity contribution >= 4 is 27.5 Å². The Balaban J connectivity index is 1.91. The molecular formula is C34H45N3O5S. The first-order chi connectivity index (χ1) is 20.5. The second-order valence-electron chi connectivity index (χ2n) is 10.8. The zero-order valence-corrected chi connectivity index (χ0v) is 26.8. The van der Waals surface area contributed by atoms with E-state index in [-0.39, 0.29) is 43.8 Å². The lowest BCUT2D eigenvalue weighted by Crippen LogP contribution is -2.52. The Morgan fingerprint density at radius 3 is 2.23 bits per heavy atom. The van der Waals surface area contributed by atoms with Crippen LogP contribution >= 0.6 is 0 Å². The van der Waals surface area contributed by atoms with Crippen molar-refractivity contribution in [2.75, 3.05) is 23.7 Å². The van der Waals surface area contributed by atoms with E-state index < -0.39 is 16.1 Å². The first kappa shape index (κ1) is 33.6. The summed E-state index contributed by atoms with van der Waals surface area (Å²) in [5, 5.41) is 3.09. The number of carbonyl (C=O) groups excluding carboxylic acids is 2. The summed E-state index contributed by atoms with van der Waals surface area (Å²) in [4.78, 5) is 29.4. The molecule has 2 amide bonds. The number of carbonyl (C=O) groups is 2. The van der Waals surface area contributed by atoms with Gasteiger partial charge in [0.05, 0.1) is 18.6 Å². The van der Waals surface area contributed by atoms with Gasteiger partial charge in [-0.2, -0.15) is 0 Å². The zero-order chi connectivity index (χ0) is 31.4. The Morgan fingerprint density at radius 2 is 1.58 bits per heavy atom. The minimum atomic E-state index is -3.65. The third kappa shape index (κ3) is 9.85. The number of hydrogen-bond acceptors (Lipinski definition) is 5. The van der Waals surface area contributed by atoms with Crippen molar-refractivity contribution in [2.45, 2.75) is 72.0 Å². The maximum atomic E-state index is 14.0. The molecule has 0 aliphatic rings. The summed E-state index contributed by atoms with van der Waals surface area (Å²) in [5.74, 6) is 0.0474. The molecule has 9 heteroatoms. The van der Waals surface area contributed by atoms with E-state index in [1.54, 1.807) is 29.2 Å². The van der Waals surface area contributed by atoms with Gasteiger partial charge in [0.25, 0.3) is 0 Å². The minimum absolute atomic E-state index is 0.0464. The van der Waals surface area contributed by atoms with Crippen LogP contribution in [0.25, 0.3) is 0 Å². The SMILES string of the molecule is CCOc1ccccc1N(CCCC(=O)N(Cc1ccccc1C)[C@H](Cc1ccccc1)C(=O)N[C@H](C)CC)S(C)(=O)=O. The molecule has 3 aromatic carbocycles. The van der Waals surface area contributed by atoms with E-state index in [0.29, 0.717) is 24.5 Å². The Bertz CT molecular complexity index is 1450. The monoisotopic (exact) mass is 607 g/mol. The Morgan fingerprint density at radius 1 is 0.930 bits per heavy atom. The van der Waals surface area contributed by atoms with Crippen molar-refractivity contribution in [3.05, 3.63) is 95.6 Å². The van der Waals surface area contributed by atoms with Crippen LogP contribution in [-0.4, -0.2) is 56.6 Å². The number of amides is 2. The quantitative estimate of drug-likeness (QED) is 0.232. The fraction of sp³-hybridized carbons (Fsp3) is 0.412. The predicted octanol–water partition coefficient (Wildman–Crippen LogP) is 5.49. The summed E-state index contributed by atoms with van der Waals surface area (Å²) in [6.07, 6.45) is 2.60. The summed E-state index contributed by atoms with van der Waals surface area (Å²) >= 11 is 0. The molecule has 0 aliphatic heterocycles. The molecular weight excluding hydrogens is 562 g/mol. The van der Waals surface area contributed by atoms with Crippen LogP contribution in [0.3, 0.4) is 0 Å². The number of hydrogen-bond donors (Lipinski definition) is 1. The number of anilines is 1. The van der Waals surface area contributed by atoms with Crippen LogP contribution in [0.15, 0.2) is 78.9 Å². The third-order valence-electron chi connectivity index (χ3n) is 7.46. The van der Waals surface area contributed by atoms with Crippen molar-refractivity contribution in [1.82, 2.24) is 10.2 Å². The Kier molecular flexibility index (Phi) is 12.6. The highest BCUT2D eigenvalue weighted by atomic mass is 32.2. The molecule has 0 unspecified atom stereocenters. The molecule has 3 aromatic rings. The van der Waals surface area contributed by atoms with Crippen molar-refractivity contribution in [3.8, 4) is 5.75 Å². The van der Waals surface area contributed by atoms with Crippen LogP contribution in [0, 0.1) is 6.92 Å². The lowest BCUT2D eigenvalue weighted by molar-refractivity contribution is -0.141. The molecule has 2 atom stereocenters. The van der Waals surface area contributed by atoms with Gasteiger partial charge < -0.3 is 15.0 Å². The van der Waals surface area contributed by atoms with Crippen molar-refractivity contribution < 1.29 is 22.7 Å². The van der Waals surface area contributed by atoms with Crippen LogP contribution in [0.4, 0.5) is 5.69 Å². The van der Waals surface area contributed by atoms with Gasteiger partial charge in [-0.05, 0) is 62.4 Å². The Hall–Kier alpha value is -3.85. The van der Waals surface area contributed by atoms with Gasteiger partial charge in [0.15, 0.2) is 0 Å². The van der Waals surface area contributed by atoms with E-state index in [9.17, 15) is 18.0 Å². The van der Waals surface area contributed by atoms with E-state index in [2.05, 4.69) is 5.32 Å². The normalized spacial score (nSPS) is 12.7. The molecule has 0 spiro atoms. The summed E-state index contributed by atoms with van der Waals surface area (Å²) < 4.78 is 32.6. The molecule has 0 saturated heterocycles. The first-order valence-electron chi connectivity index (χ1n) is 14.9. The van der Waals surface area contributed by atoms with Gasteiger partial charge >= 0.3 is 0 Å². The minimum Gasteiger partial charge on any atom is -0.492 e. The van der Waals surface area contributed by atoms with Gasteiger partial charge in [-0.1, -0.05) is 73.7 Å². The molecule has 43 heavy (non-hydrogen) atoms. The molecule has 8 nitrogen and oxygen atoms in total. The van der Waals surface area contributed by atoms with Gasteiger partial charge in [-0.25, -0.2) is 8.42 Å². The van der Waals surface area contributed by atoms with E-state index in [1.807, 2.05) is 82.3 Å². The van der Waals surface area contributed by atoms with E-state index in [1.165, 1.54) is 4.31 Å². The molecule has 3 rings (SSSR count). The van der Waals surface area contributed by atoms with Crippen LogP contribution in [0.5, 0.6) is 5.75 Å². The Labute approximate surface area is 257 Å². The largest absolute Gasteiger partial charge is 0.492 e. The summed E-state index contributed by atoms with van der Waals surface area (Å²) in [6, 6.07) is 23.7. The number of rotatable bonds is 16. The molecule has 0 aliphatic carbocycles. The number of para-hydroxylation sites is 2. The average molecular weight is 608 g/mol.